The molecule has 0 unspecified atom stereocenters. The van der Waals surface area contributed by atoms with Crippen molar-refractivity contribution in [3.8, 4) is 5.75 Å². The molecule has 1 aliphatic rings. The molecule has 0 atom stereocenters. The molecule has 2 aromatic carbocycles. The van der Waals surface area contributed by atoms with Crippen molar-refractivity contribution in [2.75, 3.05) is 33.4 Å². The molecule has 1 aliphatic heterocycles. The number of aliphatic carboxylic acids is 1. The Bertz CT molecular complexity index is 917. The number of methoxy groups -OCH3 is 1. The number of aryl methyl sites for hydroxylation is 1. The lowest BCUT2D eigenvalue weighted by Gasteiger charge is -2.25. The first-order valence-corrected chi connectivity index (χ1v) is 9.75. The molecular weight excluding hydrogens is 366 g/mol. The fraction of sp³-hybridized carbons (Fsp3) is 0.292. The Labute approximate surface area is 171 Å². The van der Waals surface area contributed by atoms with Crippen molar-refractivity contribution >= 4 is 11.5 Å². The molecule has 0 saturated carbocycles. The molecule has 0 fully saturated rings. The van der Waals surface area contributed by atoms with E-state index in [1.54, 1.807) is 19.4 Å². The van der Waals surface area contributed by atoms with Crippen LogP contribution in [0.25, 0.3) is 5.57 Å². The van der Waals surface area contributed by atoms with Crippen LogP contribution in [-0.4, -0.2) is 49.3 Å². The molecule has 2 aromatic rings. The summed E-state index contributed by atoms with van der Waals surface area (Å²) in [7, 11) is 1.66. The molecule has 29 heavy (non-hydrogen) atoms. The van der Waals surface area contributed by atoms with Crippen LogP contribution in [0.3, 0.4) is 0 Å². The van der Waals surface area contributed by atoms with Gasteiger partial charge in [-0.25, -0.2) is 4.79 Å². The van der Waals surface area contributed by atoms with E-state index in [4.69, 9.17) is 9.47 Å². The minimum atomic E-state index is -0.838. The number of carboxylic acid groups (broad SMARTS) is 1. The number of nitrogens with zero attached hydrogens (tertiary/aromatic N) is 1. The summed E-state index contributed by atoms with van der Waals surface area (Å²) in [6, 6.07) is 16.1. The van der Waals surface area contributed by atoms with E-state index in [0.717, 1.165) is 41.0 Å². The monoisotopic (exact) mass is 393 g/mol. The lowest BCUT2D eigenvalue weighted by molar-refractivity contribution is -0.133. The average Bonchev–Trinajstić information content (AvgIpc) is 2.75. The maximum absolute atomic E-state index is 11.2. The van der Waals surface area contributed by atoms with Crippen molar-refractivity contribution in [2.24, 2.45) is 0 Å². The van der Waals surface area contributed by atoms with Crippen LogP contribution in [0.15, 0.2) is 66.4 Å². The zero-order valence-corrected chi connectivity index (χ0v) is 16.9. The minimum absolute atomic E-state index is 0.461. The van der Waals surface area contributed by atoms with Gasteiger partial charge in [0, 0.05) is 30.8 Å². The molecule has 0 aromatic heterocycles. The maximum Gasteiger partial charge on any atom is 0.332 e. The highest BCUT2D eigenvalue weighted by atomic mass is 16.5. The standard InChI is InChI=1S/C24H27NO4/c1-18-7-3-4-11-22(18)23(19-8-5-10-21(15-19)28-2)17-29-14-13-25-12-6-9-20(16-25)24(26)27/h3-5,7-11,15,17H,6,12-14,16H2,1-2H3,(H,26,27). The number of rotatable bonds is 8. The second-order valence-electron chi connectivity index (χ2n) is 7.05. The Morgan fingerprint density at radius 3 is 2.79 bits per heavy atom. The van der Waals surface area contributed by atoms with Gasteiger partial charge in [0.1, 0.15) is 12.4 Å². The molecule has 0 saturated heterocycles. The summed E-state index contributed by atoms with van der Waals surface area (Å²) < 4.78 is 11.3. The fourth-order valence-electron chi connectivity index (χ4n) is 3.43. The fourth-order valence-corrected chi connectivity index (χ4v) is 3.43. The van der Waals surface area contributed by atoms with Gasteiger partial charge in [0.15, 0.2) is 0 Å². The van der Waals surface area contributed by atoms with Crippen LogP contribution in [0.4, 0.5) is 0 Å². The predicted molar refractivity (Wildman–Crippen MR) is 114 cm³/mol. The smallest absolute Gasteiger partial charge is 0.332 e. The quantitative estimate of drug-likeness (QED) is 0.540. The molecule has 0 amide bonds. The highest BCUT2D eigenvalue weighted by molar-refractivity contribution is 5.87. The van der Waals surface area contributed by atoms with Gasteiger partial charge in [-0.15, -0.1) is 0 Å². The molecule has 0 bridgehead atoms. The Hall–Kier alpha value is -3.05. The number of benzene rings is 2. The van der Waals surface area contributed by atoms with Crippen molar-refractivity contribution in [1.29, 1.82) is 0 Å². The zero-order valence-electron chi connectivity index (χ0n) is 16.9. The van der Waals surface area contributed by atoms with Crippen LogP contribution >= 0.6 is 0 Å². The third kappa shape index (κ3) is 5.48. The van der Waals surface area contributed by atoms with E-state index in [1.807, 2.05) is 36.4 Å². The van der Waals surface area contributed by atoms with Crippen LogP contribution in [0.5, 0.6) is 5.75 Å². The summed E-state index contributed by atoms with van der Waals surface area (Å²) in [5.41, 5.74) is 4.75. The SMILES string of the molecule is COc1cccc(C(=COCCN2CCC=C(C(=O)O)C2)c2ccccc2C)c1. The number of hydrogen-bond donors (Lipinski definition) is 1. The van der Waals surface area contributed by atoms with E-state index in [9.17, 15) is 9.90 Å². The lowest BCUT2D eigenvalue weighted by atomic mass is 9.95. The number of carbonyl (C=O) groups is 1. The second-order valence-corrected chi connectivity index (χ2v) is 7.05. The minimum Gasteiger partial charge on any atom is -0.499 e. The molecule has 152 valence electrons. The number of ether oxygens (including phenoxy) is 2. The first-order valence-electron chi connectivity index (χ1n) is 9.75. The Morgan fingerprint density at radius 2 is 2.03 bits per heavy atom. The third-order valence-corrected chi connectivity index (χ3v) is 5.05. The van der Waals surface area contributed by atoms with Crippen molar-refractivity contribution in [3.63, 3.8) is 0 Å². The topological polar surface area (TPSA) is 59.0 Å². The Kier molecular flexibility index (Phi) is 7.09. The van der Waals surface area contributed by atoms with Crippen molar-refractivity contribution in [2.45, 2.75) is 13.3 Å². The van der Waals surface area contributed by atoms with E-state index in [2.05, 4.69) is 24.0 Å². The van der Waals surface area contributed by atoms with Gasteiger partial charge in [-0.2, -0.15) is 0 Å². The Morgan fingerprint density at radius 1 is 1.21 bits per heavy atom. The molecular formula is C24H27NO4. The van der Waals surface area contributed by atoms with Crippen LogP contribution in [-0.2, 0) is 9.53 Å². The number of carboxylic acids is 1. The summed E-state index contributed by atoms with van der Waals surface area (Å²) in [5, 5.41) is 9.18. The van der Waals surface area contributed by atoms with Crippen molar-refractivity contribution in [1.82, 2.24) is 4.90 Å². The van der Waals surface area contributed by atoms with Gasteiger partial charge in [0.2, 0.25) is 0 Å². The second kappa shape index (κ2) is 9.94. The van der Waals surface area contributed by atoms with Crippen LogP contribution in [0, 0.1) is 6.92 Å². The molecule has 5 heteroatoms. The first-order chi connectivity index (χ1) is 14.1. The van der Waals surface area contributed by atoms with E-state index < -0.39 is 5.97 Å². The van der Waals surface area contributed by atoms with Crippen molar-refractivity contribution < 1.29 is 19.4 Å². The number of hydrogen-bond acceptors (Lipinski definition) is 4. The van der Waals surface area contributed by atoms with Gasteiger partial charge < -0.3 is 14.6 Å². The molecule has 0 aliphatic carbocycles. The molecule has 5 nitrogen and oxygen atoms in total. The van der Waals surface area contributed by atoms with Crippen LogP contribution in [0.2, 0.25) is 0 Å². The van der Waals surface area contributed by atoms with Crippen molar-refractivity contribution in [3.05, 3.63) is 83.1 Å². The highest BCUT2D eigenvalue weighted by Crippen LogP contribution is 2.28. The van der Waals surface area contributed by atoms with E-state index in [1.165, 1.54) is 0 Å². The van der Waals surface area contributed by atoms with Gasteiger partial charge in [0.25, 0.3) is 0 Å². The Balaban J connectivity index is 1.73. The van der Waals surface area contributed by atoms with Gasteiger partial charge in [0.05, 0.1) is 13.4 Å². The largest absolute Gasteiger partial charge is 0.499 e. The van der Waals surface area contributed by atoms with E-state index in [0.29, 0.717) is 25.3 Å². The summed E-state index contributed by atoms with van der Waals surface area (Å²) in [6.07, 6.45) is 4.36. The van der Waals surface area contributed by atoms with Gasteiger partial charge in [-0.05, 0) is 42.2 Å². The van der Waals surface area contributed by atoms with Gasteiger partial charge in [-0.1, -0.05) is 42.5 Å². The summed E-state index contributed by atoms with van der Waals surface area (Å²) >= 11 is 0. The van der Waals surface area contributed by atoms with E-state index in [-0.39, 0.29) is 0 Å². The zero-order chi connectivity index (χ0) is 20.6. The molecule has 3 rings (SSSR count). The summed E-state index contributed by atoms with van der Waals surface area (Å²) in [6.45, 7) is 4.57. The normalized spacial score (nSPS) is 15.0. The van der Waals surface area contributed by atoms with Gasteiger partial charge >= 0.3 is 5.97 Å². The summed E-state index contributed by atoms with van der Waals surface area (Å²) in [5.74, 6) is -0.0429. The van der Waals surface area contributed by atoms with Crippen LogP contribution in [0.1, 0.15) is 23.1 Å². The maximum atomic E-state index is 11.2. The first kappa shape index (κ1) is 20.7. The van der Waals surface area contributed by atoms with Gasteiger partial charge in [-0.3, -0.25) is 4.90 Å². The predicted octanol–water partition coefficient (Wildman–Crippen LogP) is 4.13. The molecule has 1 heterocycles. The highest BCUT2D eigenvalue weighted by Gasteiger charge is 2.17. The van der Waals surface area contributed by atoms with Crippen LogP contribution < -0.4 is 4.74 Å². The molecule has 0 spiro atoms. The van der Waals surface area contributed by atoms with E-state index >= 15 is 0 Å². The average molecular weight is 393 g/mol. The lowest BCUT2D eigenvalue weighted by Crippen LogP contribution is -2.34. The molecule has 0 radical (unpaired) electrons. The summed E-state index contributed by atoms with van der Waals surface area (Å²) in [4.78, 5) is 13.3. The third-order valence-electron chi connectivity index (χ3n) is 5.05. The molecule has 1 N–H and O–H groups in total.